The molecule has 0 aliphatic carbocycles. The number of rotatable bonds is 16. The molecule has 178 valence electrons. The second kappa shape index (κ2) is 14.0. The largest absolute Gasteiger partial charge is 0.465 e. The van der Waals surface area contributed by atoms with Crippen LogP contribution in [-0.2, 0) is 38.7 Å². The number of ether oxygens (including phenoxy) is 3. The molecule has 0 aromatic carbocycles. The molecule has 0 aromatic rings. The Hall–Kier alpha value is -2.20. The first-order valence-corrected chi connectivity index (χ1v) is 11.7. The van der Waals surface area contributed by atoms with Crippen molar-refractivity contribution in [3.05, 3.63) is 24.3 Å². The van der Waals surface area contributed by atoms with Gasteiger partial charge in [-0.3, -0.25) is 9.35 Å². The molecule has 0 spiro atoms. The summed E-state index contributed by atoms with van der Waals surface area (Å²) in [4.78, 5) is 36.8. The average molecular weight is 463 g/mol. The summed E-state index contributed by atoms with van der Waals surface area (Å²) in [6.45, 7) is 10.9. The molecule has 0 aromatic heterocycles. The zero-order valence-electron chi connectivity index (χ0n) is 18.6. The van der Waals surface area contributed by atoms with Crippen molar-refractivity contribution in [2.45, 2.75) is 59.3 Å². The molecule has 0 saturated carbocycles. The first kappa shape index (κ1) is 28.8. The van der Waals surface area contributed by atoms with Crippen LogP contribution < -0.4 is 0 Å². The number of carbonyl (C=O) groups excluding carboxylic acids is 3. The van der Waals surface area contributed by atoms with E-state index in [2.05, 4.69) is 13.2 Å². The fraction of sp³-hybridized carbons (Fsp3) is 0.667. The first-order chi connectivity index (χ1) is 14.3. The Morgan fingerprint density at radius 1 is 0.871 bits per heavy atom. The summed E-state index contributed by atoms with van der Waals surface area (Å²) in [5.41, 5.74) is -1.19. The van der Waals surface area contributed by atoms with Gasteiger partial charge in [-0.2, -0.15) is 8.42 Å². The molecule has 0 radical (unpaired) electrons. The Morgan fingerprint density at radius 3 is 1.81 bits per heavy atom. The van der Waals surface area contributed by atoms with E-state index in [9.17, 15) is 22.8 Å². The molecule has 0 saturated heterocycles. The highest BCUT2D eigenvalue weighted by Gasteiger charge is 2.43. The van der Waals surface area contributed by atoms with E-state index >= 15 is 0 Å². The van der Waals surface area contributed by atoms with Gasteiger partial charge in [-0.25, -0.2) is 9.59 Å². The molecule has 0 aliphatic rings. The zero-order valence-corrected chi connectivity index (χ0v) is 19.4. The number of esters is 3. The first-order valence-electron chi connectivity index (χ1n) is 10.1. The second-order valence-corrected chi connectivity index (χ2v) is 9.15. The van der Waals surface area contributed by atoms with E-state index < -0.39 is 52.4 Å². The smallest absolute Gasteiger partial charge is 0.333 e. The van der Waals surface area contributed by atoms with Crippen LogP contribution in [0.3, 0.4) is 0 Å². The molecular weight excluding hydrogens is 428 g/mol. The third kappa shape index (κ3) is 12.3. The molecule has 0 heterocycles. The van der Waals surface area contributed by atoms with Gasteiger partial charge in [0.2, 0.25) is 0 Å². The Bertz CT molecular complexity index is 723. The van der Waals surface area contributed by atoms with Gasteiger partial charge in [0.15, 0.2) is 0 Å². The summed E-state index contributed by atoms with van der Waals surface area (Å²) in [6, 6.07) is 0. The van der Waals surface area contributed by atoms with Crippen molar-refractivity contribution in [3.8, 4) is 0 Å². The van der Waals surface area contributed by atoms with Gasteiger partial charge in [0, 0.05) is 11.1 Å². The quantitative estimate of drug-likeness (QED) is 0.121. The Morgan fingerprint density at radius 2 is 1.39 bits per heavy atom. The van der Waals surface area contributed by atoms with E-state index in [-0.39, 0.29) is 30.6 Å². The van der Waals surface area contributed by atoms with Gasteiger partial charge in [0.1, 0.15) is 18.6 Å². The van der Waals surface area contributed by atoms with Gasteiger partial charge in [0.05, 0.1) is 12.4 Å². The van der Waals surface area contributed by atoms with Crippen LogP contribution in [0.15, 0.2) is 24.3 Å². The van der Waals surface area contributed by atoms with Crippen molar-refractivity contribution in [1.29, 1.82) is 0 Å². The summed E-state index contributed by atoms with van der Waals surface area (Å²) < 4.78 is 46.1. The Balaban J connectivity index is 5.54. The van der Waals surface area contributed by atoms with Crippen molar-refractivity contribution < 1.29 is 41.6 Å². The molecule has 0 bridgehead atoms. The molecule has 10 heteroatoms. The standard InChI is InChI=1S/C21H34O9S/c1-6-7-8-9-11-21(14-29-18(22)16(2)3,15-30-19(23)17(4)5)20(24)28-12-10-13-31(25,26)27/h2,4,6-15H2,1,3,5H3,(H,25,26,27). The summed E-state index contributed by atoms with van der Waals surface area (Å²) in [7, 11) is -4.19. The van der Waals surface area contributed by atoms with E-state index in [4.69, 9.17) is 18.8 Å². The molecule has 0 atom stereocenters. The summed E-state index contributed by atoms with van der Waals surface area (Å²) in [6.07, 6.45) is 3.38. The van der Waals surface area contributed by atoms with Crippen LogP contribution in [-0.4, -0.2) is 56.5 Å². The molecule has 0 amide bonds. The fourth-order valence-electron chi connectivity index (χ4n) is 2.51. The molecule has 31 heavy (non-hydrogen) atoms. The lowest BCUT2D eigenvalue weighted by Crippen LogP contribution is -2.43. The van der Waals surface area contributed by atoms with E-state index in [0.29, 0.717) is 6.42 Å². The molecule has 1 N–H and O–H groups in total. The van der Waals surface area contributed by atoms with E-state index in [0.717, 1.165) is 19.3 Å². The fourth-order valence-corrected chi connectivity index (χ4v) is 2.99. The zero-order chi connectivity index (χ0) is 24.1. The third-order valence-electron chi connectivity index (χ3n) is 4.38. The lowest BCUT2D eigenvalue weighted by atomic mass is 9.83. The number of hydrogen-bond acceptors (Lipinski definition) is 8. The van der Waals surface area contributed by atoms with E-state index in [1.54, 1.807) is 0 Å². The van der Waals surface area contributed by atoms with Crippen molar-refractivity contribution in [2.75, 3.05) is 25.6 Å². The van der Waals surface area contributed by atoms with Gasteiger partial charge in [-0.15, -0.1) is 0 Å². The molecule has 0 unspecified atom stereocenters. The van der Waals surface area contributed by atoms with Gasteiger partial charge in [-0.1, -0.05) is 45.8 Å². The number of unbranched alkanes of at least 4 members (excludes halogenated alkanes) is 3. The number of carbonyl (C=O) groups is 3. The minimum atomic E-state index is -4.19. The second-order valence-electron chi connectivity index (χ2n) is 7.58. The monoisotopic (exact) mass is 462 g/mol. The van der Waals surface area contributed by atoms with Crippen LogP contribution in [0, 0.1) is 5.41 Å². The average Bonchev–Trinajstić information content (AvgIpc) is 2.68. The van der Waals surface area contributed by atoms with Gasteiger partial charge < -0.3 is 14.2 Å². The minimum Gasteiger partial charge on any atom is -0.465 e. The van der Waals surface area contributed by atoms with Gasteiger partial charge >= 0.3 is 17.9 Å². The maximum atomic E-state index is 13.0. The van der Waals surface area contributed by atoms with Crippen LogP contribution in [0.25, 0.3) is 0 Å². The molecule has 0 fully saturated rings. The highest BCUT2D eigenvalue weighted by molar-refractivity contribution is 7.85. The van der Waals surface area contributed by atoms with Crippen molar-refractivity contribution >= 4 is 28.0 Å². The van der Waals surface area contributed by atoms with E-state index in [1.165, 1.54) is 13.8 Å². The van der Waals surface area contributed by atoms with E-state index in [1.807, 2.05) is 6.92 Å². The van der Waals surface area contributed by atoms with Gasteiger partial charge in [0.25, 0.3) is 10.1 Å². The predicted octanol–water partition coefficient (Wildman–Crippen LogP) is 3.00. The van der Waals surface area contributed by atoms with Crippen LogP contribution in [0.2, 0.25) is 0 Å². The third-order valence-corrected chi connectivity index (χ3v) is 5.18. The van der Waals surface area contributed by atoms with Crippen LogP contribution >= 0.6 is 0 Å². The Labute approximate surface area is 184 Å². The normalized spacial score (nSPS) is 11.5. The molecule has 9 nitrogen and oxygen atoms in total. The number of hydrogen-bond donors (Lipinski definition) is 1. The highest BCUT2D eigenvalue weighted by atomic mass is 32.2. The lowest BCUT2D eigenvalue weighted by Gasteiger charge is -2.30. The summed E-state index contributed by atoms with van der Waals surface area (Å²) in [5, 5.41) is 0. The van der Waals surface area contributed by atoms with Crippen molar-refractivity contribution in [3.63, 3.8) is 0 Å². The minimum absolute atomic E-state index is 0.117. The lowest BCUT2D eigenvalue weighted by molar-refractivity contribution is -0.171. The van der Waals surface area contributed by atoms with Crippen LogP contribution in [0.4, 0.5) is 0 Å². The maximum absolute atomic E-state index is 13.0. The topological polar surface area (TPSA) is 133 Å². The molecular formula is C21H34O9S. The maximum Gasteiger partial charge on any atom is 0.333 e. The summed E-state index contributed by atoms with van der Waals surface area (Å²) >= 11 is 0. The SMILES string of the molecule is C=C(C)C(=O)OCC(CCCCCC)(COC(=O)C(=C)C)C(=O)OCCCS(=O)(=O)O. The van der Waals surface area contributed by atoms with Crippen LogP contribution in [0.1, 0.15) is 59.3 Å². The van der Waals surface area contributed by atoms with Crippen LogP contribution in [0.5, 0.6) is 0 Å². The predicted molar refractivity (Wildman–Crippen MR) is 115 cm³/mol. The highest BCUT2D eigenvalue weighted by Crippen LogP contribution is 2.30. The van der Waals surface area contributed by atoms with Crippen molar-refractivity contribution in [2.24, 2.45) is 5.41 Å². The van der Waals surface area contributed by atoms with Gasteiger partial charge in [-0.05, 0) is 26.7 Å². The molecule has 0 rings (SSSR count). The van der Waals surface area contributed by atoms with Crippen molar-refractivity contribution in [1.82, 2.24) is 0 Å². The molecule has 0 aliphatic heterocycles. The Kier molecular flexibility index (Phi) is 13.0. The summed E-state index contributed by atoms with van der Waals surface area (Å²) in [5.74, 6) is -2.77.